The molecule has 0 rings (SSSR count). The molecule has 0 saturated heterocycles. The molecule has 0 heterocycles. The van der Waals surface area contributed by atoms with Crippen LogP contribution in [-0.4, -0.2) is 31.1 Å². The van der Waals surface area contributed by atoms with Crippen LogP contribution < -0.4 is 0 Å². The summed E-state index contributed by atoms with van der Waals surface area (Å²) in [5.74, 6) is -0.337. The number of rotatable bonds is 4. The zero-order chi connectivity index (χ0) is 7.11. The molecule has 0 fully saturated rings. The van der Waals surface area contributed by atoms with E-state index in [9.17, 15) is 4.79 Å². The second kappa shape index (κ2) is 5.53. The van der Waals surface area contributed by atoms with E-state index in [2.05, 4.69) is 9.47 Å². The van der Waals surface area contributed by atoms with Gasteiger partial charge in [0, 0.05) is 6.92 Å². The fourth-order valence-electron chi connectivity index (χ4n) is 0.309. The topological polar surface area (TPSA) is 55.8 Å². The molecule has 0 saturated carbocycles. The van der Waals surface area contributed by atoms with Gasteiger partial charge in [0.15, 0.2) is 0 Å². The van der Waals surface area contributed by atoms with Crippen LogP contribution in [-0.2, 0) is 14.3 Å². The molecule has 0 aromatic heterocycles. The van der Waals surface area contributed by atoms with E-state index in [1.807, 2.05) is 0 Å². The van der Waals surface area contributed by atoms with Gasteiger partial charge >= 0.3 is 5.97 Å². The number of aliphatic hydroxyl groups is 1. The van der Waals surface area contributed by atoms with E-state index in [1.54, 1.807) is 0 Å². The number of carbonyl (C=O) groups is 1. The van der Waals surface area contributed by atoms with Crippen LogP contribution in [0.15, 0.2) is 0 Å². The lowest BCUT2D eigenvalue weighted by molar-refractivity contribution is -0.143. The minimum absolute atomic E-state index is 0.204. The van der Waals surface area contributed by atoms with E-state index in [1.165, 1.54) is 6.92 Å². The van der Waals surface area contributed by atoms with Gasteiger partial charge < -0.3 is 14.6 Å². The first-order valence-electron chi connectivity index (χ1n) is 2.59. The van der Waals surface area contributed by atoms with Crippen molar-refractivity contribution in [2.45, 2.75) is 6.92 Å². The summed E-state index contributed by atoms with van der Waals surface area (Å²) in [6.45, 7) is 1.44. The Balaban J connectivity index is 2.83. The number of hydrogen-bond donors (Lipinski definition) is 1. The molecule has 0 radical (unpaired) electrons. The highest BCUT2D eigenvalue weighted by Gasteiger charge is 1.89. The van der Waals surface area contributed by atoms with Gasteiger partial charge in [-0.3, -0.25) is 4.79 Å². The first-order chi connectivity index (χ1) is 4.27. The van der Waals surface area contributed by atoms with Crippen LogP contribution in [0.4, 0.5) is 0 Å². The van der Waals surface area contributed by atoms with Crippen LogP contribution in [0.5, 0.6) is 0 Å². The zero-order valence-corrected chi connectivity index (χ0v) is 5.29. The fraction of sp³-hybridized carbons (Fsp3) is 0.800. The molecule has 4 nitrogen and oxygen atoms in total. The molecule has 0 amide bonds. The van der Waals surface area contributed by atoms with E-state index in [0.717, 1.165) is 0 Å². The standard InChI is InChI=1S/C5H10O4/c1-5(7)9-3-2-8-4-6/h6H,2-4H2,1H3. The highest BCUT2D eigenvalue weighted by molar-refractivity contribution is 5.65. The Labute approximate surface area is 53.4 Å². The summed E-state index contributed by atoms with van der Waals surface area (Å²) < 4.78 is 8.93. The Morgan fingerprint density at radius 2 is 2.22 bits per heavy atom. The predicted octanol–water partition coefficient (Wildman–Crippen LogP) is -0.484. The molecule has 0 spiro atoms. The number of hydrogen-bond acceptors (Lipinski definition) is 4. The van der Waals surface area contributed by atoms with Crippen molar-refractivity contribution >= 4 is 5.97 Å². The van der Waals surface area contributed by atoms with Crippen LogP contribution in [0.2, 0.25) is 0 Å². The Hall–Kier alpha value is -0.610. The fourth-order valence-corrected chi connectivity index (χ4v) is 0.309. The predicted molar refractivity (Wildman–Crippen MR) is 29.7 cm³/mol. The van der Waals surface area contributed by atoms with Gasteiger partial charge in [0.1, 0.15) is 13.4 Å². The second-order valence-electron chi connectivity index (χ2n) is 1.38. The van der Waals surface area contributed by atoms with Crippen molar-refractivity contribution in [3.63, 3.8) is 0 Å². The highest BCUT2D eigenvalue weighted by atomic mass is 16.6. The smallest absolute Gasteiger partial charge is 0.302 e. The summed E-state index contributed by atoms with van der Waals surface area (Å²) in [7, 11) is 0. The lowest BCUT2D eigenvalue weighted by Crippen LogP contribution is -2.07. The normalized spacial score (nSPS) is 9.11. The van der Waals surface area contributed by atoms with Crippen LogP contribution in [0.1, 0.15) is 6.92 Å². The summed E-state index contributed by atoms with van der Waals surface area (Å²) >= 11 is 0. The van der Waals surface area contributed by atoms with Crippen LogP contribution in [0.3, 0.4) is 0 Å². The molecule has 54 valence electrons. The molecule has 0 aliphatic carbocycles. The summed E-state index contributed by atoms with van der Waals surface area (Å²) in [6.07, 6.45) is 0. The van der Waals surface area contributed by atoms with E-state index < -0.39 is 0 Å². The molecular formula is C5H10O4. The molecule has 0 aromatic carbocycles. The van der Waals surface area contributed by atoms with Crippen LogP contribution in [0, 0.1) is 0 Å². The van der Waals surface area contributed by atoms with Gasteiger partial charge in [-0.15, -0.1) is 0 Å². The molecule has 4 heteroatoms. The minimum Gasteiger partial charge on any atom is -0.463 e. The van der Waals surface area contributed by atoms with Gasteiger partial charge in [0.25, 0.3) is 0 Å². The third-order valence-electron chi connectivity index (χ3n) is 0.624. The number of ether oxygens (including phenoxy) is 2. The highest BCUT2D eigenvalue weighted by Crippen LogP contribution is 1.76. The van der Waals surface area contributed by atoms with Crippen LogP contribution in [0.25, 0.3) is 0 Å². The first kappa shape index (κ1) is 8.39. The maximum atomic E-state index is 10.1. The summed E-state index contributed by atoms with van der Waals surface area (Å²) in [5, 5.41) is 8.07. The number of carbonyl (C=O) groups excluding carboxylic acids is 1. The molecule has 0 aliphatic heterocycles. The monoisotopic (exact) mass is 134 g/mol. The lowest BCUT2D eigenvalue weighted by atomic mass is 10.7. The third-order valence-corrected chi connectivity index (χ3v) is 0.624. The zero-order valence-electron chi connectivity index (χ0n) is 5.29. The Morgan fingerprint density at radius 3 is 2.67 bits per heavy atom. The van der Waals surface area contributed by atoms with Gasteiger partial charge in [-0.1, -0.05) is 0 Å². The van der Waals surface area contributed by atoms with Gasteiger partial charge in [0.05, 0.1) is 6.61 Å². The van der Waals surface area contributed by atoms with Crippen molar-refractivity contribution < 1.29 is 19.4 Å². The van der Waals surface area contributed by atoms with Crippen molar-refractivity contribution in [2.75, 3.05) is 20.0 Å². The second-order valence-corrected chi connectivity index (χ2v) is 1.38. The Morgan fingerprint density at radius 1 is 1.56 bits per heavy atom. The van der Waals surface area contributed by atoms with Gasteiger partial charge in [-0.25, -0.2) is 0 Å². The average molecular weight is 134 g/mol. The van der Waals surface area contributed by atoms with Crippen molar-refractivity contribution in [1.82, 2.24) is 0 Å². The van der Waals surface area contributed by atoms with E-state index >= 15 is 0 Å². The number of esters is 1. The molecule has 9 heavy (non-hydrogen) atoms. The van der Waals surface area contributed by atoms with Gasteiger partial charge in [-0.05, 0) is 0 Å². The average Bonchev–Trinajstić information content (AvgIpc) is 1.80. The summed E-state index contributed by atoms with van der Waals surface area (Å²) in [6, 6.07) is 0. The van der Waals surface area contributed by atoms with E-state index in [0.29, 0.717) is 0 Å². The number of aliphatic hydroxyl groups excluding tert-OH is 1. The molecule has 0 aromatic rings. The van der Waals surface area contributed by atoms with Crippen LogP contribution >= 0.6 is 0 Å². The van der Waals surface area contributed by atoms with Crippen molar-refractivity contribution in [2.24, 2.45) is 0 Å². The van der Waals surface area contributed by atoms with Gasteiger partial charge in [0.2, 0.25) is 0 Å². The molecule has 0 unspecified atom stereocenters. The van der Waals surface area contributed by atoms with Gasteiger partial charge in [-0.2, -0.15) is 0 Å². The third kappa shape index (κ3) is 7.39. The molecule has 1 N–H and O–H groups in total. The molecule has 0 atom stereocenters. The minimum atomic E-state index is -0.337. The largest absolute Gasteiger partial charge is 0.463 e. The van der Waals surface area contributed by atoms with Crippen molar-refractivity contribution in [3.8, 4) is 0 Å². The quantitative estimate of drug-likeness (QED) is 0.320. The van der Waals surface area contributed by atoms with E-state index in [-0.39, 0.29) is 26.0 Å². The van der Waals surface area contributed by atoms with E-state index in [4.69, 9.17) is 5.11 Å². The maximum absolute atomic E-state index is 10.1. The van der Waals surface area contributed by atoms with Crippen molar-refractivity contribution in [3.05, 3.63) is 0 Å². The molecular weight excluding hydrogens is 124 g/mol. The SMILES string of the molecule is CC(=O)OCCOCO. The summed E-state index contributed by atoms with van der Waals surface area (Å²) in [4.78, 5) is 10.1. The van der Waals surface area contributed by atoms with Crippen molar-refractivity contribution in [1.29, 1.82) is 0 Å². The maximum Gasteiger partial charge on any atom is 0.302 e. The first-order valence-corrected chi connectivity index (χ1v) is 2.59. The summed E-state index contributed by atoms with van der Waals surface area (Å²) in [5.41, 5.74) is 0. The molecule has 0 aliphatic rings. The Kier molecular flexibility index (Phi) is 5.15. The Bertz CT molecular complexity index is 81.0. The molecule has 0 bridgehead atoms. The lowest BCUT2D eigenvalue weighted by Gasteiger charge is -1.99.